The minimum atomic E-state index is -4.30. The molecule has 0 saturated heterocycles. The Bertz CT molecular complexity index is 436. The highest BCUT2D eigenvalue weighted by Crippen LogP contribution is 2.37. The summed E-state index contributed by atoms with van der Waals surface area (Å²) in [6.45, 7) is 4.49. The molecule has 0 fully saturated rings. The Morgan fingerprint density at radius 1 is 1.05 bits per heavy atom. The predicted octanol–water partition coefficient (Wildman–Crippen LogP) is 3.87. The summed E-state index contributed by atoms with van der Waals surface area (Å²) in [5.41, 5.74) is -4.30. The van der Waals surface area contributed by atoms with Gasteiger partial charge in [-0.25, -0.2) is 0 Å². The van der Waals surface area contributed by atoms with Crippen molar-refractivity contribution in [3.8, 4) is 5.75 Å². The van der Waals surface area contributed by atoms with Crippen LogP contribution in [0.4, 0.5) is 13.2 Å². The first-order chi connectivity index (χ1) is 10.3. The number of hydrogen-bond acceptors (Lipinski definition) is 5. The lowest BCUT2D eigenvalue weighted by atomic mass is 10.3. The van der Waals surface area contributed by atoms with Crippen molar-refractivity contribution in [2.75, 3.05) is 26.6 Å². The predicted molar refractivity (Wildman–Crippen MR) is 79.9 cm³/mol. The van der Waals surface area contributed by atoms with Crippen molar-refractivity contribution in [2.24, 2.45) is 0 Å². The van der Waals surface area contributed by atoms with Crippen molar-refractivity contribution >= 4 is 20.6 Å². The first-order valence-electron chi connectivity index (χ1n) is 6.66. The Morgan fingerprint density at radius 2 is 1.59 bits per heavy atom. The Labute approximate surface area is 133 Å². The van der Waals surface area contributed by atoms with Gasteiger partial charge < -0.3 is 18.0 Å². The Kier molecular flexibility index (Phi) is 7.70. The molecule has 0 aliphatic rings. The smallest absolute Gasteiger partial charge is 0.489 e. The number of ether oxygens (including phenoxy) is 1. The molecule has 1 aromatic rings. The van der Waals surface area contributed by atoms with Crippen LogP contribution in [-0.4, -0.2) is 40.9 Å². The number of thioether (sulfide) groups is 1. The molecular formula is C13H19F3O4SSi. The fraction of sp³-hybridized carbons (Fsp3) is 0.538. The molecule has 9 heteroatoms. The average Bonchev–Trinajstić information content (AvgIpc) is 2.45. The first kappa shape index (κ1) is 19.3. The van der Waals surface area contributed by atoms with E-state index in [2.05, 4.69) is 0 Å². The summed E-state index contributed by atoms with van der Waals surface area (Å²) in [6, 6.07) is 5.65. The van der Waals surface area contributed by atoms with Gasteiger partial charge >= 0.3 is 14.3 Å². The Balaban J connectivity index is 2.65. The zero-order valence-corrected chi connectivity index (χ0v) is 14.4. The van der Waals surface area contributed by atoms with Crippen LogP contribution < -0.4 is 4.74 Å². The summed E-state index contributed by atoms with van der Waals surface area (Å²) in [5.74, 6) is 0.430. The van der Waals surface area contributed by atoms with Crippen LogP contribution in [0.1, 0.15) is 13.8 Å². The van der Waals surface area contributed by atoms with Crippen LogP contribution in [-0.2, 0) is 13.3 Å². The Morgan fingerprint density at radius 3 is 2.00 bits per heavy atom. The minimum absolute atomic E-state index is 0.0942. The third kappa shape index (κ3) is 6.57. The van der Waals surface area contributed by atoms with Crippen LogP contribution in [0, 0.1) is 0 Å². The highest BCUT2D eigenvalue weighted by atomic mass is 32.2. The summed E-state index contributed by atoms with van der Waals surface area (Å²) in [4.78, 5) is 0.102. The second-order valence-corrected chi connectivity index (χ2v) is 7.84. The monoisotopic (exact) mass is 356 g/mol. The Hall–Kier alpha value is -0.743. The number of alkyl halides is 3. The SMILES string of the molecule is CCO[Si](COc1ccc(SC(F)(F)F)cc1)(OC)OCC. The van der Waals surface area contributed by atoms with E-state index in [0.717, 1.165) is 0 Å². The molecule has 0 heterocycles. The molecule has 0 aromatic heterocycles. The molecule has 0 N–H and O–H groups in total. The molecular weight excluding hydrogens is 337 g/mol. The third-order valence-corrected chi connectivity index (χ3v) is 5.83. The lowest BCUT2D eigenvalue weighted by Crippen LogP contribution is -2.51. The molecule has 0 atom stereocenters. The van der Waals surface area contributed by atoms with E-state index in [1.807, 2.05) is 13.8 Å². The van der Waals surface area contributed by atoms with E-state index >= 15 is 0 Å². The van der Waals surface area contributed by atoms with Crippen molar-refractivity contribution < 1.29 is 31.2 Å². The van der Waals surface area contributed by atoms with Crippen LogP contribution in [0.15, 0.2) is 29.2 Å². The lowest BCUT2D eigenvalue weighted by Gasteiger charge is -2.26. The molecule has 0 spiro atoms. The summed E-state index contributed by atoms with van der Waals surface area (Å²) >= 11 is -0.167. The van der Waals surface area contributed by atoms with Gasteiger partial charge in [0.2, 0.25) is 0 Å². The van der Waals surface area contributed by atoms with Crippen LogP contribution in [0.25, 0.3) is 0 Å². The quantitative estimate of drug-likeness (QED) is 0.496. The molecule has 0 amide bonds. The molecule has 0 aliphatic carbocycles. The fourth-order valence-electron chi connectivity index (χ4n) is 1.65. The summed E-state index contributed by atoms with van der Waals surface area (Å²) in [6.07, 6.45) is 0.0942. The van der Waals surface area contributed by atoms with Gasteiger partial charge in [0, 0.05) is 25.2 Å². The molecule has 0 saturated carbocycles. The zero-order chi connectivity index (χ0) is 16.6. The van der Waals surface area contributed by atoms with Crippen molar-refractivity contribution in [1.82, 2.24) is 0 Å². The first-order valence-corrected chi connectivity index (χ1v) is 9.40. The second kappa shape index (κ2) is 8.78. The molecule has 22 heavy (non-hydrogen) atoms. The van der Waals surface area contributed by atoms with Crippen molar-refractivity contribution in [3.63, 3.8) is 0 Å². The van der Waals surface area contributed by atoms with Gasteiger partial charge in [-0.05, 0) is 49.9 Å². The van der Waals surface area contributed by atoms with Crippen LogP contribution in [0.5, 0.6) is 5.75 Å². The number of halogens is 3. The normalized spacial score (nSPS) is 12.5. The average molecular weight is 356 g/mol. The van der Waals surface area contributed by atoms with Gasteiger partial charge in [-0.1, -0.05) is 0 Å². The standard InChI is InChI=1S/C13H19F3O4SSi/c1-4-19-22(17-3,20-5-2)10-18-11-6-8-12(9-7-11)21-13(14,15)16/h6-9H,4-5,10H2,1-3H3. The van der Waals surface area contributed by atoms with Gasteiger partial charge in [-0.3, -0.25) is 0 Å². The van der Waals surface area contributed by atoms with E-state index in [1.165, 1.54) is 31.4 Å². The molecule has 1 aromatic carbocycles. The second-order valence-electron chi connectivity index (χ2n) is 4.06. The molecule has 126 valence electrons. The van der Waals surface area contributed by atoms with E-state index < -0.39 is 14.3 Å². The van der Waals surface area contributed by atoms with Gasteiger partial charge in [0.15, 0.2) is 6.23 Å². The number of hydrogen-bond donors (Lipinski definition) is 0. The van der Waals surface area contributed by atoms with Gasteiger partial charge in [0.05, 0.1) is 0 Å². The number of rotatable bonds is 9. The van der Waals surface area contributed by atoms with E-state index in [4.69, 9.17) is 18.0 Å². The van der Waals surface area contributed by atoms with Crippen LogP contribution in [0.2, 0.25) is 0 Å². The summed E-state index contributed by atoms with van der Waals surface area (Å²) in [5, 5.41) is 0. The largest absolute Gasteiger partial charge is 0.540 e. The number of benzene rings is 1. The molecule has 1 rings (SSSR count). The maximum absolute atomic E-state index is 12.2. The highest BCUT2D eigenvalue weighted by molar-refractivity contribution is 8.00. The van der Waals surface area contributed by atoms with Gasteiger partial charge in [-0.2, -0.15) is 13.2 Å². The van der Waals surface area contributed by atoms with E-state index in [1.54, 1.807) is 0 Å². The van der Waals surface area contributed by atoms with E-state index in [0.29, 0.717) is 19.0 Å². The van der Waals surface area contributed by atoms with Gasteiger partial charge in [0.25, 0.3) is 0 Å². The van der Waals surface area contributed by atoms with Crippen molar-refractivity contribution in [1.29, 1.82) is 0 Å². The maximum atomic E-state index is 12.2. The van der Waals surface area contributed by atoms with Crippen LogP contribution >= 0.6 is 11.8 Å². The fourth-order valence-corrected chi connectivity index (χ4v) is 4.02. The minimum Gasteiger partial charge on any atom is -0.489 e. The third-order valence-electron chi connectivity index (χ3n) is 2.51. The van der Waals surface area contributed by atoms with E-state index in [9.17, 15) is 13.2 Å². The van der Waals surface area contributed by atoms with Gasteiger partial charge in [0.1, 0.15) is 5.75 Å². The topological polar surface area (TPSA) is 36.9 Å². The molecule has 4 nitrogen and oxygen atoms in total. The van der Waals surface area contributed by atoms with Gasteiger partial charge in [-0.15, -0.1) is 0 Å². The molecule has 0 aliphatic heterocycles. The summed E-state index contributed by atoms with van der Waals surface area (Å²) in [7, 11) is -1.42. The lowest BCUT2D eigenvalue weighted by molar-refractivity contribution is -0.0328. The molecule has 0 bridgehead atoms. The van der Waals surface area contributed by atoms with Crippen LogP contribution in [0.3, 0.4) is 0 Å². The zero-order valence-electron chi connectivity index (χ0n) is 12.6. The summed E-state index contributed by atoms with van der Waals surface area (Å²) < 4.78 is 58.7. The van der Waals surface area contributed by atoms with E-state index in [-0.39, 0.29) is 22.9 Å². The van der Waals surface area contributed by atoms with Crippen molar-refractivity contribution in [3.05, 3.63) is 24.3 Å². The molecule has 0 unspecified atom stereocenters. The molecule has 0 radical (unpaired) electrons. The van der Waals surface area contributed by atoms with Crippen molar-refractivity contribution in [2.45, 2.75) is 24.3 Å². The maximum Gasteiger partial charge on any atom is 0.540 e. The highest BCUT2D eigenvalue weighted by Gasteiger charge is 2.41.